The van der Waals surface area contributed by atoms with Crippen LogP contribution in [0.15, 0.2) is 29.2 Å². The largest absolute Gasteiger partial charge is 0.316 e. The summed E-state index contributed by atoms with van der Waals surface area (Å²) in [6.07, 6.45) is 0. The van der Waals surface area contributed by atoms with Crippen LogP contribution in [0.5, 0.6) is 0 Å². The van der Waals surface area contributed by atoms with Crippen LogP contribution in [0.3, 0.4) is 0 Å². The second-order valence-corrected chi connectivity index (χ2v) is 6.58. The van der Waals surface area contributed by atoms with Crippen molar-refractivity contribution in [3.8, 4) is 0 Å². The predicted molar refractivity (Wildman–Crippen MR) is 65.1 cm³/mol. The monoisotopic (exact) mass is 252 g/mol. The zero-order valence-electron chi connectivity index (χ0n) is 9.68. The molecule has 2 atom stereocenters. The average Bonchev–Trinajstić information content (AvgIpc) is 2.75. The molecule has 2 aliphatic rings. The van der Waals surface area contributed by atoms with E-state index in [4.69, 9.17) is 0 Å². The minimum atomic E-state index is -3.35. The third-order valence-electron chi connectivity index (χ3n) is 3.77. The molecule has 1 aliphatic carbocycles. The molecule has 1 saturated heterocycles. The predicted octanol–water partition coefficient (Wildman–Crippen LogP) is 0.491. The summed E-state index contributed by atoms with van der Waals surface area (Å²) < 4.78 is 27.2. The molecule has 0 spiro atoms. The molecular formula is C12H16N2O2S. The maximum atomic E-state index is 12.2. The summed E-state index contributed by atoms with van der Waals surface area (Å²) in [7, 11) is -3.35. The summed E-state index contributed by atoms with van der Waals surface area (Å²) in [6.45, 7) is 3.70. The van der Waals surface area contributed by atoms with Gasteiger partial charge >= 0.3 is 0 Å². The van der Waals surface area contributed by atoms with E-state index in [-0.39, 0.29) is 6.04 Å². The zero-order valence-corrected chi connectivity index (χ0v) is 10.5. The van der Waals surface area contributed by atoms with Gasteiger partial charge in [-0.2, -0.15) is 0 Å². The summed E-state index contributed by atoms with van der Waals surface area (Å²) in [5.74, 6) is 0.989. The highest BCUT2D eigenvalue weighted by Gasteiger charge is 2.54. The van der Waals surface area contributed by atoms with Crippen molar-refractivity contribution < 1.29 is 8.42 Å². The van der Waals surface area contributed by atoms with Gasteiger partial charge in [0.2, 0.25) is 10.0 Å². The van der Waals surface area contributed by atoms with E-state index in [1.54, 1.807) is 12.1 Å². The number of fused-ring (bicyclic) bond motifs is 1. The Kier molecular flexibility index (Phi) is 2.50. The molecular weight excluding hydrogens is 236 g/mol. The Morgan fingerprint density at radius 2 is 1.88 bits per heavy atom. The van der Waals surface area contributed by atoms with Crippen LogP contribution in [0.1, 0.15) is 5.56 Å². The summed E-state index contributed by atoms with van der Waals surface area (Å²) in [5, 5.41) is 3.25. The third kappa shape index (κ3) is 1.88. The Balaban J connectivity index is 1.80. The zero-order chi connectivity index (χ0) is 12.0. The van der Waals surface area contributed by atoms with E-state index in [0.29, 0.717) is 16.7 Å². The topological polar surface area (TPSA) is 58.2 Å². The molecule has 1 saturated carbocycles. The first-order valence-electron chi connectivity index (χ1n) is 5.88. The molecule has 1 heterocycles. The van der Waals surface area contributed by atoms with Gasteiger partial charge in [0.05, 0.1) is 4.90 Å². The lowest BCUT2D eigenvalue weighted by Crippen LogP contribution is -2.32. The highest BCUT2D eigenvalue weighted by molar-refractivity contribution is 7.89. The minimum absolute atomic E-state index is 0.140. The van der Waals surface area contributed by atoms with Crippen molar-refractivity contribution in [1.82, 2.24) is 10.0 Å². The fourth-order valence-electron chi connectivity index (χ4n) is 2.69. The van der Waals surface area contributed by atoms with Crippen LogP contribution in [0.4, 0.5) is 0 Å². The van der Waals surface area contributed by atoms with E-state index < -0.39 is 10.0 Å². The first kappa shape index (κ1) is 11.2. The van der Waals surface area contributed by atoms with Gasteiger partial charge in [-0.05, 0) is 43.5 Å². The number of rotatable bonds is 3. The quantitative estimate of drug-likeness (QED) is 0.823. The molecule has 1 aliphatic heterocycles. The molecule has 1 aromatic rings. The van der Waals surface area contributed by atoms with Crippen LogP contribution < -0.4 is 10.0 Å². The van der Waals surface area contributed by atoms with Gasteiger partial charge in [0.15, 0.2) is 0 Å². The standard InChI is InChI=1S/C12H16N2O2S/c1-8-4-2-3-5-11(8)17(15,16)14-12-9-6-13-7-10(9)12/h2-5,9-10,12-14H,6-7H2,1H3. The van der Waals surface area contributed by atoms with E-state index in [9.17, 15) is 8.42 Å². The van der Waals surface area contributed by atoms with Crippen molar-refractivity contribution in [2.45, 2.75) is 17.9 Å². The van der Waals surface area contributed by atoms with E-state index in [1.165, 1.54) is 0 Å². The van der Waals surface area contributed by atoms with Gasteiger partial charge in [0.1, 0.15) is 0 Å². The molecule has 17 heavy (non-hydrogen) atoms. The van der Waals surface area contributed by atoms with Crippen LogP contribution in [-0.2, 0) is 10.0 Å². The Morgan fingerprint density at radius 3 is 2.53 bits per heavy atom. The van der Waals surface area contributed by atoms with E-state index in [2.05, 4.69) is 10.0 Å². The van der Waals surface area contributed by atoms with Crippen molar-refractivity contribution in [1.29, 1.82) is 0 Å². The minimum Gasteiger partial charge on any atom is -0.316 e. The molecule has 3 rings (SSSR count). The molecule has 1 aromatic carbocycles. The molecule has 2 unspecified atom stereocenters. The summed E-state index contributed by atoms with van der Waals surface area (Å²) in [5.41, 5.74) is 0.795. The number of hydrogen-bond acceptors (Lipinski definition) is 3. The number of piperidine rings is 1. The van der Waals surface area contributed by atoms with E-state index in [1.807, 2.05) is 19.1 Å². The van der Waals surface area contributed by atoms with Gasteiger partial charge in [-0.1, -0.05) is 18.2 Å². The molecule has 0 amide bonds. The van der Waals surface area contributed by atoms with Gasteiger partial charge in [0.25, 0.3) is 0 Å². The number of sulfonamides is 1. The summed E-state index contributed by atoms with van der Waals surface area (Å²) >= 11 is 0. The van der Waals surface area contributed by atoms with Crippen molar-refractivity contribution >= 4 is 10.0 Å². The number of hydrogen-bond donors (Lipinski definition) is 2. The molecule has 2 fully saturated rings. The Labute approximate surface area is 101 Å². The van der Waals surface area contributed by atoms with Gasteiger partial charge < -0.3 is 5.32 Å². The molecule has 2 N–H and O–H groups in total. The van der Waals surface area contributed by atoms with E-state index >= 15 is 0 Å². The van der Waals surface area contributed by atoms with Crippen molar-refractivity contribution in [2.24, 2.45) is 11.8 Å². The highest BCUT2D eigenvalue weighted by atomic mass is 32.2. The van der Waals surface area contributed by atoms with Crippen molar-refractivity contribution in [3.05, 3.63) is 29.8 Å². The number of aryl methyl sites for hydroxylation is 1. The van der Waals surface area contributed by atoms with Crippen molar-refractivity contribution in [2.75, 3.05) is 13.1 Å². The number of nitrogens with one attached hydrogen (secondary N) is 2. The molecule has 92 valence electrons. The molecule has 4 nitrogen and oxygen atoms in total. The van der Waals surface area contributed by atoms with Crippen LogP contribution in [0.25, 0.3) is 0 Å². The lowest BCUT2D eigenvalue weighted by Gasteiger charge is -2.10. The smallest absolute Gasteiger partial charge is 0.241 e. The molecule has 0 aromatic heterocycles. The van der Waals surface area contributed by atoms with E-state index in [0.717, 1.165) is 18.7 Å². The van der Waals surface area contributed by atoms with Crippen molar-refractivity contribution in [3.63, 3.8) is 0 Å². The van der Waals surface area contributed by atoms with Crippen LogP contribution >= 0.6 is 0 Å². The van der Waals surface area contributed by atoms with Gasteiger partial charge in [-0.25, -0.2) is 13.1 Å². The fourth-order valence-corrected chi connectivity index (χ4v) is 4.28. The summed E-state index contributed by atoms with van der Waals surface area (Å²) in [6, 6.07) is 7.24. The second-order valence-electron chi connectivity index (χ2n) is 4.90. The SMILES string of the molecule is Cc1ccccc1S(=O)(=O)NC1C2CNCC21. The Hall–Kier alpha value is -0.910. The Morgan fingerprint density at radius 1 is 1.24 bits per heavy atom. The first-order chi connectivity index (χ1) is 8.09. The average molecular weight is 252 g/mol. The summed E-state index contributed by atoms with van der Waals surface area (Å²) in [4.78, 5) is 0.401. The normalized spacial score (nSPS) is 31.2. The fraction of sp³-hybridized carbons (Fsp3) is 0.500. The highest BCUT2D eigenvalue weighted by Crippen LogP contribution is 2.42. The first-order valence-corrected chi connectivity index (χ1v) is 7.36. The second kappa shape index (κ2) is 3.80. The van der Waals surface area contributed by atoms with Gasteiger partial charge in [0, 0.05) is 6.04 Å². The van der Waals surface area contributed by atoms with Crippen LogP contribution in [-0.4, -0.2) is 27.5 Å². The Bertz CT molecular complexity index is 531. The lowest BCUT2D eigenvalue weighted by molar-refractivity contribution is 0.564. The maximum Gasteiger partial charge on any atom is 0.241 e. The third-order valence-corrected chi connectivity index (χ3v) is 5.39. The van der Waals surface area contributed by atoms with Crippen LogP contribution in [0, 0.1) is 18.8 Å². The van der Waals surface area contributed by atoms with Crippen LogP contribution in [0.2, 0.25) is 0 Å². The number of benzene rings is 1. The maximum absolute atomic E-state index is 12.2. The molecule has 0 radical (unpaired) electrons. The van der Waals surface area contributed by atoms with Gasteiger partial charge in [-0.15, -0.1) is 0 Å². The van der Waals surface area contributed by atoms with Gasteiger partial charge in [-0.3, -0.25) is 0 Å². The molecule has 5 heteroatoms. The lowest BCUT2D eigenvalue weighted by atomic mass is 10.2. The molecule has 0 bridgehead atoms.